The Balaban J connectivity index is 1.84. The van der Waals surface area contributed by atoms with Crippen LogP contribution in [0.1, 0.15) is 16.2 Å². The van der Waals surface area contributed by atoms with Gasteiger partial charge >= 0.3 is 0 Å². The lowest BCUT2D eigenvalue weighted by Gasteiger charge is -2.06. The summed E-state index contributed by atoms with van der Waals surface area (Å²) in [5.41, 5.74) is 1.21. The molecule has 20 heavy (non-hydrogen) atoms. The number of anilines is 1. The van der Waals surface area contributed by atoms with Crippen LogP contribution in [0.25, 0.3) is 0 Å². The molecule has 1 amide bonds. The van der Waals surface area contributed by atoms with Gasteiger partial charge in [0, 0.05) is 13.7 Å². The van der Waals surface area contributed by atoms with E-state index >= 15 is 0 Å². The molecule has 6 heteroatoms. The lowest BCUT2D eigenvalue weighted by atomic mass is 10.3. The van der Waals surface area contributed by atoms with Gasteiger partial charge in [0.2, 0.25) is 0 Å². The maximum Gasteiger partial charge on any atom is 0.269 e. The maximum absolute atomic E-state index is 11.7. The molecule has 2 aromatic heterocycles. The van der Waals surface area contributed by atoms with Crippen molar-refractivity contribution < 1.29 is 13.9 Å². The van der Waals surface area contributed by atoms with Crippen molar-refractivity contribution in [1.29, 1.82) is 0 Å². The van der Waals surface area contributed by atoms with Gasteiger partial charge in [-0.3, -0.25) is 4.79 Å². The number of nitrogens with one attached hydrogen (secondary N) is 2. The van der Waals surface area contributed by atoms with Crippen LogP contribution < -0.4 is 10.6 Å². The second-order valence-electron chi connectivity index (χ2n) is 4.11. The SMILES string of the molecule is COCCNC(=O)c1ccc(NCc2ccco2)cn1. The topological polar surface area (TPSA) is 76.4 Å². The Kier molecular flexibility index (Phi) is 5.14. The average Bonchev–Trinajstić information content (AvgIpc) is 2.99. The number of pyridine rings is 1. The Bertz CT molecular complexity index is 523. The van der Waals surface area contributed by atoms with Gasteiger partial charge in [0.05, 0.1) is 31.3 Å². The molecule has 0 radical (unpaired) electrons. The Morgan fingerprint density at radius 3 is 2.95 bits per heavy atom. The minimum absolute atomic E-state index is 0.209. The van der Waals surface area contributed by atoms with Crippen LogP contribution in [0.3, 0.4) is 0 Å². The molecule has 2 rings (SSSR count). The van der Waals surface area contributed by atoms with Crippen molar-refractivity contribution in [1.82, 2.24) is 10.3 Å². The number of carbonyl (C=O) groups excluding carboxylic acids is 1. The van der Waals surface area contributed by atoms with Crippen LogP contribution in [0.2, 0.25) is 0 Å². The third kappa shape index (κ3) is 4.10. The molecular formula is C14H17N3O3. The van der Waals surface area contributed by atoms with E-state index in [9.17, 15) is 4.79 Å². The summed E-state index contributed by atoms with van der Waals surface area (Å²) in [5, 5.41) is 5.87. The molecule has 0 saturated heterocycles. The monoisotopic (exact) mass is 275 g/mol. The molecule has 0 aliphatic rings. The highest BCUT2D eigenvalue weighted by molar-refractivity contribution is 5.92. The first-order valence-electron chi connectivity index (χ1n) is 6.29. The van der Waals surface area contributed by atoms with Crippen molar-refractivity contribution in [2.75, 3.05) is 25.6 Å². The predicted molar refractivity (Wildman–Crippen MR) is 74.5 cm³/mol. The maximum atomic E-state index is 11.7. The summed E-state index contributed by atoms with van der Waals surface area (Å²) < 4.78 is 10.1. The quantitative estimate of drug-likeness (QED) is 0.752. The molecule has 106 valence electrons. The van der Waals surface area contributed by atoms with Crippen molar-refractivity contribution in [3.05, 3.63) is 48.2 Å². The van der Waals surface area contributed by atoms with E-state index in [0.717, 1.165) is 11.4 Å². The van der Waals surface area contributed by atoms with Gasteiger partial charge in [-0.2, -0.15) is 0 Å². The van der Waals surface area contributed by atoms with Crippen molar-refractivity contribution >= 4 is 11.6 Å². The summed E-state index contributed by atoms with van der Waals surface area (Å²) in [7, 11) is 1.59. The van der Waals surface area contributed by atoms with Gasteiger partial charge in [0.15, 0.2) is 0 Å². The number of carbonyl (C=O) groups is 1. The number of amides is 1. The zero-order chi connectivity index (χ0) is 14.2. The zero-order valence-corrected chi connectivity index (χ0v) is 11.3. The minimum Gasteiger partial charge on any atom is -0.467 e. The molecule has 0 aliphatic heterocycles. The van der Waals surface area contributed by atoms with Gasteiger partial charge in [0.25, 0.3) is 5.91 Å². The van der Waals surface area contributed by atoms with Gasteiger partial charge in [-0.25, -0.2) is 4.98 Å². The Morgan fingerprint density at radius 2 is 2.30 bits per heavy atom. The fourth-order valence-corrected chi connectivity index (χ4v) is 1.59. The first kappa shape index (κ1) is 14.1. The van der Waals surface area contributed by atoms with Gasteiger partial charge in [-0.15, -0.1) is 0 Å². The smallest absolute Gasteiger partial charge is 0.269 e. The molecule has 0 saturated carbocycles. The highest BCUT2D eigenvalue weighted by Gasteiger charge is 2.06. The van der Waals surface area contributed by atoms with Crippen LogP contribution in [0, 0.1) is 0 Å². The van der Waals surface area contributed by atoms with Crippen molar-refractivity contribution in [2.24, 2.45) is 0 Å². The number of hydrogen-bond acceptors (Lipinski definition) is 5. The van der Waals surface area contributed by atoms with Crippen LogP contribution in [-0.2, 0) is 11.3 Å². The Labute approximate surface area is 117 Å². The van der Waals surface area contributed by atoms with E-state index < -0.39 is 0 Å². The molecule has 0 bridgehead atoms. The van der Waals surface area contributed by atoms with E-state index in [1.807, 2.05) is 12.1 Å². The molecule has 0 aliphatic carbocycles. The number of aromatic nitrogens is 1. The normalized spacial score (nSPS) is 10.2. The van der Waals surface area contributed by atoms with Gasteiger partial charge in [0.1, 0.15) is 11.5 Å². The molecule has 0 spiro atoms. The fraction of sp³-hybridized carbons (Fsp3) is 0.286. The molecule has 2 N–H and O–H groups in total. The fourth-order valence-electron chi connectivity index (χ4n) is 1.59. The van der Waals surface area contributed by atoms with Crippen LogP contribution in [0.15, 0.2) is 41.1 Å². The van der Waals surface area contributed by atoms with Crippen molar-refractivity contribution in [3.8, 4) is 0 Å². The molecule has 6 nitrogen and oxygen atoms in total. The van der Waals surface area contributed by atoms with Crippen LogP contribution in [0.5, 0.6) is 0 Å². The minimum atomic E-state index is -0.209. The summed E-state index contributed by atoms with van der Waals surface area (Å²) in [4.78, 5) is 15.8. The number of ether oxygens (including phenoxy) is 1. The molecule has 0 fully saturated rings. The largest absolute Gasteiger partial charge is 0.467 e. The summed E-state index contributed by atoms with van der Waals surface area (Å²) in [6.07, 6.45) is 3.25. The van der Waals surface area contributed by atoms with Gasteiger partial charge < -0.3 is 19.8 Å². The van der Waals surface area contributed by atoms with Crippen molar-refractivity contribution in [2.45, 2.75) is 6.54 Å². The lowest BCUT2D eigenvalue weighted by molar-refractivity contribution is 0.0932. The van der Waals surface area contributed by atoms with Crippen LogP contribution in [0.4, 0.5) is 5.69 Å². The third-order valence-corrected chi connectivity index (χ3v) is 2.63. The molecule has 0 atom stereocenters. The molecule has 0 unspecified atom stereocenters. The van der Waals surface area contributed by atoms with E-state index in [4.69, 9.17) is 9.15 Å². The molecule has 2 aromatic rings. The summed E-state index contributed by atoms with van der Waals surface area (Å²) in [5.74, 6) is 0.631. The molecule has 0 aromatic carbocycles. The third-order valence-electron chi connectivity index (χ3n) is 2.63. The summed E-state index contributed by atoms with van der Waals surface area (Å²) in [6, 6.07) is 7.20. The molecule has 2 heterocycles. The highest BCUT2D eigenvalue weighted by atomic mass is 16.5. The van der Waals surface area contributed by atoms with Crippen molar-refractivity contribution in [3.63, 3.8) is 0 Å². The lowest BCUT2D eigenvalue weighted by Crippen LogP contribution is -2.27. The van der Waals surface area contributed by atoms with E-state index in [1.165, 1.54) is 0 Å². The summed E-state index contributed by atoms with van der Waals surface area (Å²) >= 11 is 0. The summed E-state index contributed by atoms with van der Waals surface area (Å²) in [6.45, 7) is 1.53. The number of hydrogen-bond donors (Lipinski definition) is 2. The van der Waals surface area contributed by atoms with E-state index in [1.54, 1.807) is 31.7 Å². The predicted octanol–water partition coefficient (Wildman–Crippen LogP) is 1.66. The van der Waals surface area contributed by atoms with E-state index in [-0.39, 0.29) is 5.91 Å². The van der Waals surface area contributed by atoms with E-state index in [0.29, 0.717) is 25.4 Å². The second kappa shape index (κ2) is 7.30. The second-order valence-corrected chi connectivity index (χ2v) is 4.11. The van der Waals surface area contributed by atoms with Gasteiger partial charge in [-0.05, 0) is 24.3 Å². The number of nitrogens with zero attached hydrogens (tertiary/aromatic N) is 1. The van der Waals surface area contributed by atoms with Crippen LogP contribution >= 0.6 is 0 Å². The van der Waals surface area contributed by atoms with Crippen LogP contribution in [-0.4, -0.2) is 31.2 Å². The average molecular weight is 275 g/mol. The Hall–Kier alpha value is -2.34. The number of rotatable bonds is 7. The first-order valence-corrected chi connectivity index (χ1v) is 6.29. The Morgan fingerprint density at radius 1 is 1.40 bits per heavy atom. The van der Waals surface area contributed by atoms with Gasteiger partial charge in [-0.1, -0.05) is 0 Å². The standard InChI is InChI=1S/C14H17N3O3/c1-19-8-6-15-14(18)13-5-4-11(9-17-13)16-10-12-3-2-7-20-12/h2-5,7,9,16H,6,8,10H2,1H3,(H,15,18). The molecular weight excluding hydrogens is 258 g/mol. The number of methoxy groups -OCH3 is 1. The number of furan rings is 1. The highest BCUT2D eigenvalue weighted by Crippen LogP contribution is 2.09. The zero-order valence-electron chi connectivity index (χ0n) is 11.3. The first-order chi connectivity index (χ1) is 9.79. The van der Waals surface area contributed by atoms with E-state index in [2.05, 4.69) is 15.6 Å².